The molecule has 0 aromatic carbocycles. The summed E-state index contributed by atoms with van der Waals surface area (Å²) in [6.45, 7) is 13.3. The number of anilines is 1. The van der Waals surface area contributed by atoms with Crippen molar-refractivity contribution >= 4 is 40.1 Å². The van der Waals surface area contributed by atoms with Gasteiger partial charge in [0.1, 0.15) is 0 Å². The Labute approximate surface area is 265 Å². The maximum Gasteiger partial charge on any atom is 0.256 e. The van der Waals surface area contributed by atoms with Crippen LogP contribution < -0.4 is 9.64 Å². The van der Waals surface area contributed by atoms with E-state index in [0.29, 0.717) is 31.2 Å². The van der Waals surface area contributed by atoms with Crippen molar-refractivity contribution in [3.63, 3.8) is 0 Å². The van der Waals surface area contributed by atoms with Gasteiger partial charge in [0.15, 0.2) is 5.75 Å². The predicted molar refractivity (Wildman–Crippen MR) is 178 cm³/mol. The summed E-state index contributed by atoms with van der Waals surface area (Å²) < 4.78 is 11.8. The number of thiophene rings is 1. The molecule has 0 spiro atoms. The van der Waals surface area contributed by atoms with E-state index in [2.05, 4.69) is 39.2 Å². The van der Waals surface area contributed by atoms with Gasteiger partial charge in [0.2, 0.25) is 5.95 Å². The Balaban J connectivity index is 0.00000102. The molecule has 3 aliphatic rings. The number of piperidine rings is 1. The molecule has 0 bridgehead atoms. The fourth-order valence-electron chi connectivity index (χ4n) is 6.30. The Hall–Kier alpha value is -2.22. The van der Waals surface area contributed by atoms with Crippen LogP contribution in [0.4, 0.5) is 5.95 Å². The lowest BCUT2D eigenvalue weighted by Gasteiger charge is -2.39. The summed E-state index contributed by atoms with van der Waals surface area (Å²) >= 11 is 5.24. The first-order chi connectivity index (χ1) is 21.1. The highest BCUT2D eigenvalue weighted by Gasteiger charge is 2.33. The highest BCUT2D eigenvalue weighted by molar-refractivity contribution is 7.79. The van der Waals surface area contributed by atoms with Crippen LogP contribution in [0.15, 0.2) is 12.3 Å². The SMILES string of the molecule is CC.COc1ncc(-c2nc(N3CCOCC3)nc3c(CN4CCC(N5CCCC5CO)CC4)c(C)sc23)cc1O.CS. The zero-order chi connectivity index (χ0) is 30.9. The monoisotopic (exact) mass is 632 g/mol. The van der Waals surface area contributed by atoms with Crippen LogP contribution in [-0.2, 0) is 11.3 Å². The molecule has 3 aromatic heterocycles. The van der Waals surface area contributed by atoms with Gasteiger partial charge >= 0.3 is 0 Å². The number of rotatable bonds is 7. The summed E-state index contributed by atoms with van der Waals surface area (Å²) in [6, 6.07) is 2.58. The molecule has 3 aromatic rings. The third-order valence-electron chi connectivity index (χ3n) is 8.45. The second kappa shape index (κ2) is 16.2. The number of aliphatic hydroxyl groups is 1. The molecule has 43 heavy (non-hydrogen) atoms. The molecule has 3 saturated heterocycles. The number of hydrogen-bond acceptors (Lipinski definition) is 12. The number of aliphatic hydroxyl groups excluding tert-OH is 1. The largest absolute Gasteiger partial charge is 0.503 e. The van der Waals surface area contributed by atoms with E-state index in [-0.39, 0.29) is 18.2 Å². The number of aromatic nitrogens is 3. The molecule has 3 aliphatic heterocycles. The number of hydrogen-bond donors (Lipinski definition) is 3. The fraction of sp³-hybridized carbons (Fsp3) is 0.645. The molecule has 238 valence electrons. The normalized spacial score (nSPS) is 20.0. The minimum Gasteiger partial charge on any atom is -0.503 e. The quantitative estimate of drug-likeness (QED) is 0.320. The van der Waals surface area contributed by atoms with E-state index in [0.717, 1.165) is 80.0 Å². The molecule has 6 heterocycles. The average molecular weight is 633 g/mol. The van der Waals surface area contributed by atoms with Crippen LogP contribution >= 0.6 is 24.0 Å². The van der Waals surface area contributed by atoms with Crippen molar-refractivity contribution in [2.45, 2.75) is 65.1 Å². The Morgan fingerprint density at radius 2 is 1.79 bits per heavy atom. The molecule has 1 atom stereocenters. The van der Waals surface area contributed by atoms with Gasteiger partial charge in [-0.3, -0.25) is 9.80 Å². The molecular formula is C31H48N6O4S2. The Bertz CT molecular complexity index is 1310. The average Bonchev–Trinajstić information content (AvgIpc) is 3.67. The van der Waals surface area contributed by atoms with Crippen molar-refractivity contribution in [2.75, 3.05) is 70.8 Å². The van der Waals surface area contributed by atoms with Crippen LogP contribution in [0.25, 0.3) is 21.5 Å². The lowest BCUT2D eigenvalue weighted by molar-refractivity contribution is 0.0709. The first-order valence-corrected chi connectivity index (χ1v) is 17.2. The summed E-state index contributed by atoms with van der Waals surface area (Å²) in [5, 5.41) is 20.3. The minimum absolute atomic E-state index is 0.00695. The lowest BCUT2D eigenvalue weighted by atomic mass is 10.0. The van der Waals surface area contributed by atoms with E-state index in [9.17, 15) is 10.2 Å². The van der Waals surface area contributed by atoms with Crippen LogP contribution in [0.5, 0.6) is 11.6 Å². The van der Waals surface area contributed by atoms with E-state index in [1.165, 1.54) is 24.0 Å². The molecule has 0 amide bonds. The van der Waals surface area contributed by atoms with E-state index in [4.69, 9.17) is 19.4 Å². The molecule has 10 nitrogen and oxygen atoms in total. The summed E-state index contributed by atoms with van der Waals surface area (Å²) in [7, 11) is 1.50. The number of fused-ring (bicyclic) bond motifs is 1. The van der Waals surface area contributed by atoms with Gasteiger partial charge in [-0.25, -0.2) is 15.0 Å². The number of aromatic hydroxyl groups is 1. The van der Waals surface area contributed by atoms with E-state index < -0.39 is 0 Å². The number of likely N-dealkylation sites (tertiary alicyclic amines) is 2. The summed E-state index contributed by atoms with van der Waals surface area (Å²) in [5.74, 6) is 0.883. The molecule has 0 saturated carbocycles. The number of thiol groups is 1. The van der Waals surface area contributed by atoms with Gasteiger partial charge in [-0.2, -0.15) is 12.6 Å². The Morgan fingerprint density at radius 1 is 1.07 bits per heavy atom. The number of aryl methyl sites for hydroxylation is 1. The predicted octanol–water partition coefficient (Wildman–Crippen LogP) is 4.61. The highest BCUT2D eigenvalue weighted by atomic mass is 32.1. The summed E-state index contributed by atoms with van der Waals surface area (Å²) in [6.07, 6.45) is 7.98. The zero-order valence-corrected chi connectivity index (χ0v) is 28.0. The lowest BCUT2D eigenvalue weighted by Crippen LogP contribution is -2.47. The van der Waals surface area contributed by atoms with E-state index >= 15 is 0 Å². The smallest absolute Gasteiger partial charge is 0.256 e. The number of morpholine rings is 1. The van der Waals surface area contributed by atoms with Crippen molar-refractivity contribution in [1.82, 2.24) is 24.8 Å². The number of nitrogens with zero attached hydrogens (tertiary/aromatic N) is 6. The van der Waals surface area contributed by atoms with Crippen molar-refractivity contribution in [3.8, 4) is 22.9 Å². The van der Waals surface area contributed by atoms with Crippen molar-refractivity contribution < 1.29 is 19.7 Å². The summed E-state index contributed by atoms with van der Waals surface area (Å²) in [4.78, 5) is 23.0. The third-order valence-corrected chi connectivity index (χ3v) is 9.60. The molecule has 2 N–H and O–H groups in total. The van der Waals surface area contributed by atoms with Crippen molar-refractivity contribution in [2.24, 2.45) is 0 Å². The molecular weight excluding hydrogens is 585 g/mol. The Kier molecular flexibility index (Phi) is 12.7. The van der Waals surface area contributed by atoms with Gasteiger partial charge in [-0.1, -0.05) is 13.8 Å². The highest BCUT2D eigenvalue weighted by Crippen LogP contribution is 2.40. The van der Waals surface area contributed by atoms with Gasteiger partial charge in [-0.15, -0.1) is 11.3 Å². The number of methoxy groups -OCH3 is 1. The standard InChI is InChI=1S/C28H38N6O4S.C2H6.CH4S/c1-18-22(16-32-8-5-20(6-9-32)34-7-3-4-21(34)17-35)25-26(39-18)24(19-14-23(36)27(37-2)29-15-19)30-28(31-25)33-10-12-38-13-11-33;2*1-2/h14-15,20-21,35-36H,3-13,16-17H2,1-2H3;1-2H3;2H,1H3. The molecule has 12 heteroatoms. The maximum absolute atomic E-state index is 10.5. The van der Waals surface area contributed by atoms with Gasteiger partial charge in [-0.05, 0) is 64.6 Å². The molecule has 0 radical (unpaired) electrons. The van der Waals surface area contributed by atoms with Gasteiger partial charge in [0, 0.05) is 53.9 Å². The van der Waals surface area contributed by atoms with Crippen LogP contribution in [0.1, 0.15) is 50.0 Å². The molecule has 6 rings (SSSR count). The van der Waals surface area contributed by atoms with E-state index in [1.807, 2.05) is 13.8 Å². The van der Waals surface area contributed by atoms with Gasteiger partial charge < -0.3 is 24.6 Å². The first-order valence-electron chi connectivity index (χ1n) is 15.5. The second-order valence-corrected chi connectivity index (χ2v) is 12.0. The van der Waals surface area contributed by atoms with Crippen LogP contribution in [0, 0.1) is 6.92 Å². The van der Waals surface area contributed by atoms with Crippen molar-refractivity contribution in [1.29, 1.82) is 0 Å². The van der Waals surface area contributed by atoms with Gasteiger partial charge in [0.05, 0.1) is 42.8 Å². The first kappa shape index (κ1) is 33.7. The van der Waals surface area contributed by atoms with Crippen LogP contribution in [0.3, 0.4) is 0 Å². The van der Waals surface area contributed by atoms with Crippen LogP contribution in [-0.4, -0.2) is 113 Å². The molecule has 0 aliphatic carbocycles. The third kappa shape index (κ3) is 7.54. The fourth-order valence-corrected chi connectivity index (χ4v) is 7.42. The number of ether oxygens (including phenoxy) is 2. The molecule has 1 unspecified atom stereocenters. The van der Waals surface area contributed by atoms with Crippen LogP contribution in [0.2, 0.25) is 0 Å². The maximum atomic E-state index is 10.5. The van der Waals surface area contributed by atoms with E-state index in [1.54, 1.807) is 29.9 Å². The summed E-state index contributed by atoms with van der Waals surface area (Å²) in [5.41, 5.74) is 3.77. The van der Waals surface area contributed by atoms with Crippen molar-refractivity contribution in [3.05, 3.63) is 22.7 Å². The molecule has 3 fully saturated rings. The zero-order valence-electron chi connectivity index (χ0n) is 26.3. The topological polar surface area (TPSA) is 107 Å². The minimum atomic E-state index is -0.00695. The number of pyridine rings is 1. The van der Waals surface area contributed by atoms with Gasteiger partial charge in [0.25, 0.3) is 5.88 Å². The Morgan fingerprint density at radius 3 is 2.44 bits per heavy atom. The second-order valence-electron chi connectivity index (χ2n) is 10.8.